The average Bonchev–Trinajstić information content (AvgIpc) is 3.03. The zero-order valence-electron chi connectivity index (χ0n) is 8.31. The van der Waals surface area contributed by atoms with Crippen molar-refractivity contribution >= 4 is 0 Å². The highest BCUT2D eigenvalue weighted by molar-refractivity contribution is 5.15. The van der Waals surface area contributed by atoms with Gasteiger partial charge in [-0.15, -0.1) is 0 Å². The Morgan fingerprint density at radius 3 is 2.36 bits per heavy atom. The maximum absolute atomic E-state index is 13.5. The van der Waals surface area contributed by atoms with Crippen molar-refractivity contribution < 1.29 is 8.78 Å². The van der Waals surface area contributed by atoms with Crippen molar-refractivity contribution in [3.8, 4) is 0 Å². The van der Waals surface area contributed by atoms with E-state index >= 15 is 0 Å². The van der Waals surface area contributed by atoms with E-state index < -0.39 is 5.92 Å². The number of hydrogen-bond acceptors (Lipinski definition) is 1. The Bertz CT molecular complexity index is 231. The Balaban J connectivity index is 1.67. The molecule has 3 aliphatic rings. The van der Waals surface area contributed by atoms with Crippen molar-refractivity contribution in [2.75, 3.05) is 6.54 Å². The van der Waals surface area contributed by atoms with Gasteiger partial charge in [-0.3, -0.25) is 0 Å². The van der Waals surface area contributed by atoms with Gasteiger partial charge in [-0.2, -0.15) is 0 Å². The van der Waals surface area contributed by atoms with E-state index in [0.29, 0.717) is 5.92 Å². The maximum atomic E-state index is 13.5. The van der Waals surface area contributed by atoms with E-state index in [1.807, 2.05) is 0 Å². The first-order valence-electron chi connectivity index (χ1n) is 5.82. The summed E-state index contributed by atoms with van der Waals surface area (Å²) in [6.45, 7) is 0.939. The fraction of sp³-hybridized carbons (Fsp3) is 1.00. The second-order valence-electron chi connectivity index (χ2n) is 5.12. The molecule has 3 heteroatoms. The molecule has 2 saturated carbocycles. The van der Waals surface area contributed by atoms with E-state index in [2.05, 4.69) is 5.32 Å². The van der Waals surface area contributed by atoms with Gasteiger partial charge in [0.05, 0.1) is 0 Å². The highest BCUT2D eigenvalue weighted by Crippen LogP contribution is 2.66. The molecule has 3 fully saturated rings. The summed E-state index contributed by atoms with van der Waals surface area (Å²) >= 11 is 0. The molecule has 80 valence electrons. The van der Waals surface area contributed by atoms with Crippen molar-refractivity contribution in [2.24, 2.45) is 17.8 Å². The van der Waals surface area contributed by atoms with Crippen LogP contribution in [-0.2, 0) is 0 Å². The van der Waals surface area contributed by atoms with Gasteiger partial charge in [0.25, 0.3) is 5.92 Å². The molecule has 3 unspecified atom stereocenters. The van der Waals surface area contributed by atoms with Crippen molar-refractivity contribution in [3.05, 3.63) is 0 Å². The molecule has 0 aromatic carbocycles. The maximum Gasteiger partial charge on any atom is 0.256 e. The summed E-state index contributed by atoms with van der Waals surface area (Å²) in [6, 6.07) is 0.115. The highest BCUT2D eigenvalue weighted by Gasteiger charge is 2.73. The smallest absolute Gasteiger partial charge is 0.256 e. The fourth-order valence-electron chi connectivity index (χ4n) is 3.14. The monoisotopic (exact) mass is 201 g/mol. The summed E-state index contributed by atoms with van der Waals surface area (Å²) in [5.74, 6) is -2.57. The third-order valence-electron chi connectivity index (χ3n) is 4.08. The molecule has 1 nitrogen and oxygen atoms in total. The zero-order valence-corrected chi connectivity index (χ0v) is 8.31. The van der Waals surface area contributed by atoms with E-state index in [-0.39, 0.29) is 17.9 Å². The van der Waals surface area contributed by atoms with Crippen LogP contribution in [0.5, 0.6) is 0 Å². The summed E-state index contributed by atoms with van der Waals surface area (Å²) in [7, 11) is 0. The lowest BCUT2D eigenvalue weighted by molar-refractivity contribution is 0.0725. The van der Waals surface area contributed by atoms with Gasteiger partial charge in [0.2, 0.25) is 0 Å². The molecule has 1 N–H and O–H groups in total. The van der Waals surface area contributed by atoms with Crippen molar-refractivity contribution in [1.29, 1.82) is 0 Å². The number of halogens is 2. The Labute approximate surface area is 83.3 Å². The standard InChI is InChI=1S/C11H17F2N/c12-11(13)9(7-4-5-7)10(11)8-3-1-2-6-14-8/h7-10,14H,1-6H2. The van der Waals surface area contributed by atoms with Crippen LogP contribution >= 0.6 is 0 Å². The SMILES string of the molecule is FC1(F)C(C2CC2)C1C1CCCCN1. The van der Waals surface area contributed by atoms with Gasteiger partial charge in [-0.25, -0.2) is 8.78 Å². The minimum Gasteiger partial charge on any atom is -0.313 e. The highest BCUT2D eigenvalue weighted by atomic mass is 19.3. The molecular weight excluding hydrogens is 184 g/mol. The fourth-order valence-corrected chi connectivity index (χ4v) is 3.14. The summed E-state index contributed by atoms with van der Waals surface area (Å²) in [5, 5.41) is 3.27. The van der Waals surface area contributed by atoms with Crippen LogP contribution < -0.4 is 5.32 Å². The normalized spacial score (nSPS) is 46.3. The average molecular weight is 201 g/mol. The molecule has 0 spiro atoms. The first kappa shape index (κ1) is 9.08. The summed E-state index contributed by atoms with van der Waals surface area (Å²) in [4.78, 5) is 0. The lowest BCUT2D eigenvalue weighted by Crippen LogP contribution is -2.37. The Hall–Kier alpha value is -0.180. The lowest BCUT2D eigenvalue weighted by Gasteiger charge is -2.23. The molecule has 1 aliphatic heterocycles. The zero-order chi connectivity index (χ0) is 9.76. The predicted octanol–water partition coefficient (Wildman–Crippen LogP) is 2.42. The largest absolute Gasteiger partial charge is 0.313 e. The van der Waals surface area contributed by atoms with Crippen LogP contribution in [0.4, 0.5) is 8.78 Å². The van der Waals surface area contributed by atoms with Crippen molar-refractivity contribution in [1.82, 2.24) is 5.32 Å². The molecule has 2 aliphatic carbocycles. The van der Waals surface area contributed by atoms with Crippen molar-refractivity contribution in [2.45, 2.75) is 44.1 Å². The number of piperidine rings is 1. The number of alkyl halides is 2. The summed E-state index contributed by atoms with van der Waals surface area (Å²) in [5.41, 5.74) is 0. The Morgan fingerprint density at radius 1 is 1.00 bits per heavy atom. The minimum absolute atomic E-state index is 0.115. The molecule has 14 heavy (non-hydrogen) atoms. The molecule has 1 heterocycles. The van der Waals surface area contributed by atoms with E-state index in [0.717, 1.165) is 38.6 Å². The molecule has 0 radical (unpaired) electrons. The Kier molecular flexibility index (Phi) is 1.88. The second kappa shape index (κ2) is 2.91. The van der Waals surface area contributed by atoms with Crippen LogP contribution in [0.2, 0.25) is 0 Å². The summed E-state index contributed by atoms with van der Waals surface area (Å²) in [6.07, 6.45) is 5.33. The predicted molar refractivity (Wildman–Crippen MR) is 50.3 cm³/mol. The van der Waals surface area contributed by atoms with E-state index in [4.69, 9.17) is 0 Å². The van der Waals surface area contributed by atoms with Gasteiger partial charge >= 0.3 is 0 Å². The van der Waals surface area contributed by atoms with E-state index in [1.165, 1.54) is 0 Å². The van der Waals surface area contributed by atoms with Gasteiger partial charge in [-0.1, -0.05) is 6.42 Å². The quantitative estimate of drug-likeness (QED) is 0.723. The third kappa shape index (κ3) is 1.28. The summed E-state index contributed by atoms with van der Waals surface area (Å²) < 4.78 is 27.0. The molecule has 0 aromatic rings. The first-order valence-corrected chi connectivity index (χ1v) is 5.82. The first-order chi connectivity index (χ1) is 6.71. The van der Waals surface area contributed by atoms with Crippen LogP contribution in [0.3, 0.4) is 0 Å². The third-order valence-corrected chi connectivity index (χ3v) is 4.08. The van der Waals surface area contributed by atoms with Crippen LogP contribution in [0.1, 0.15) is 32.1 Å². The van der Waals surface area contributed by atoms with E-state index in [1.54, 1.807) is 0 Å². The van der Waals surface area contributed by atoms with Gasteiger partial charge < -0.3 is 5.32 Å². The topological polar surface area (TPSA) is 12.0 Å². The van der Waals surface area contributed by atoms with Crippen LogP contribution in [-0.4, -0.2) is 18.5 Å². The molecule has 3 atom stereocenters. The molecule has 0 amide bonds. The second-order valence-corrected chi connectivity index (χ2v) is 5.12. The molecule has 0 bridgehead atoms. The number of hydrogen-bond donors (Lipinski definition) is 1. The van der Waals surface area contributed by atoms with Crippen molar-refractivity contribution in [3.63, 3.8) is 0 Å². The molecule has 1 saturated heterocycles. The van der Waals surface area contributed by atoms with Crippen LogP contribution in [0, 0.1) is 17.8 Å². The van der Waals surface area contributed by atoms with E-state index in [9.17, 15) is 8.78 Å². The minimum atomic E-state index is -2.34. The molecule has 3 rings (SSSR count). The Morgan fingerprint density at radius 2 is 1.79 bits per heavy atom. The van der Waals surface area contributed by atoms with Crippen LogP contribution in [0.25, 0.3) is 0 Å². The number of nitrogens with one attached hydrogen (secondary N) is 1. The van der Waals surface area contributed by atoms with Gasteiger partial charge in [0, 0.05) is 17.9 Å². The number of rotatable bonds is 2. The van der Waals surface area contributed by atoms with Gasteiger partial charge in [-0.05, 0) is 38.1 Å². The van der Waals surface area contributed by atoms with Gasteiger partial charge in [0.1, 0.15) is 0 Å². The molecular formula is C11H17F2N. The lowest BCUT2D eigenvalue weighted by atomic mass is 9.98. The molecule has 0 aromatic heterocycles. The van der Waals surface area contributed by atoms with Crippen LogP contribution in [0.15, 0.2) is 0 Å². The van der Waals surface area contributed by atoms with Gasteiger partial charge in [0.15, 0.2) is 0 Å².